The molecule has 0 aromatic heterocycles. The molecule has 1 saturated heterocycles. The Morgan fingerprint density at radius 3 is 2.25 bits per heavy atom. The molecule has 1 aliphatic heterocycles. The standard InChI is InChI=1S/C13H19NO6/c1-5-6-9-7-14(8-15)13(10(16)19-3,11(17)20-4)12(9,2)18/h5,8-9,18H,1,6-7H2,2-4H3/t9-,12-/m0/s1. The van der Waals surface area contributed by atoms with Gasteiger partial charge in [0, 0.05) is 12.5 Å². The SMILES string of the molecule is C=CC[C@H]1CN(C=O)C(C(=O)OC)(C(=O)OC)[C@@]1(C)O. The van der Waals surface area contributed by atoms with Gasteiger partial charge in [0.15, 0.2) is 0 Å². The molecule has 0 aromatic carbocycles. The first-order valence-corrected chi connectivity index (χ1v) is 6.06. The molecular weight excluding hydrogens is 266 g/mol. The number of hydrogen-bond donors (Lipinski definition) is 1. The van der Waals surface area contributed by atoms with Gasteiger partial charge in [0.1, 0.15) is 5.60 Å². The summed E-state index contributed by atoms with van der Waals surface area (Å²) in [5.74, 6) is -2.61. The van der Waals surface area contributed by atoms with Crippen molar-refractivity contribution in [2.24, 2.45) is 5.92 Å². The Balaban J connectivity index is 3.50. The zero-order valence-electron chi connectivity index (χ0n) is 11.8. The van der Waals surface area contributed by atoms with Crippen LogP contribution in [0.4, 0.5) is 0 Å². The Hall–Kier alpha value is -1.89. The van der Waals surface area contributed by atoms with Crippen LogP contribution in [-0.4, -0.2) is 60.3 Å². The van der Waals surface area contributed by atoms with Crippen LogP contribution in [0.1, 0.15) is 13.3 Å². The summed E-state index contributed by atoms with van der Waals surface area (Å²) in [6.07, 6.45) is 2.21. The maximum Gasteiger partial charge on any atom is 0.346 e. The van der Waals surface area contributed by atoms with Crippen molar-refractivity contribution in [3.05, 3.63) is 12.7 Å². The highest BCUT2D eigenvalue weighted by atomic mass is 16.6. The number of nitrogens with zero attached hydrogens (tertiary/aromatic N) is 1. The number of methoxy groups -OCH3 is 2. The van der Waals surface area contributed by atoms with Gasteiger partial charge >= 0.3 is 11.9 Å². The zero-order valence-corrected chi connectivity index (χ0v) is 11.8. The van der Waals surface area contributed by atoms with E-state index in [0.29, 0.717) is 12.8 Å². The van der Waals surface area contributed by atoms with Crippen molar-refractivity contribution in [3.63, 3.8) is 0 Å². The van der Waals surface area contributed by atoms with Crippen molar-refractivity contribution in [2.75, 3.05) is 20.8 Å². The third-order valence-corrected chi connectivity index (χ3v) is 3.92. The van der Waals surface area contributed by atoms with Crippen molar-refractivity contribution in [1.29, 1.82) is 0 Å². The number of carbonyl (C=O) groups excluding carboxylic acids is 3. The molecule has 2 atom stereocenters. The molecule has 0 spiro atoms. The van der Waals surface area contributed by atoms with Crippen molar-refractivity contribution in [1.82, 2.24) is 4.90 Å². The summed E-state index contributed by atoms with van der Waals surface area (Å²) in [7, 11) is 2.15. The summed E-state index contributed by atoms with van der Waals surface area (Å²) in [5, 5.41) is 10.8. The Morgan fingerprint density at radius 2 is 1.90 bits per heavy atom. The predicted molar refractivity (Wildman–Crippen MR) is 68.5 cm³/mol. The van der Waals surface area contributed by atoms with Crippen molar-refractivity contribution >= 4 is 18.3 Å². The van der Waals surface area contributed by atoms with E-state index < -0.39 is 29.0 Å². The van der Waals surface area contributed by atoms with Crippen LogP contribution in [0.25, 0.3) is 0 Å². The van der Waals surface area contributed by atoms with Crippen molar-refractivity contribution < 1.29 is 29.0 Å². The minimum Gasteiger partial charge on any atom is -0.467 e. The number of likely N-dealkylation sites (tertiary alicyclic amines) is 1. The van der Waals surface area contributed by atoms with Gasteiger partial charge < -0.3 is 19.5 Å². The van der Waals surface area contributed by atoms with E-state index in [1.165, 1.54) is 6.92 Å². The van der Waals surface area contributed by atoms with E-state index in [9.17, 15) is 19.5 Å². The molecule has 0 saturated carbocycles. The third-order valence-electron chi connectivity index (χ3n) is 3.92. The largest absolute Gasteiger partial charge is 0.467 e. The van der Waals surface area contributed by atoms with E-state index in [0.717, 1.165) is 19.1 Å². The number of rotatable bonds is 5. The number of aliphatic hydroxyl groups is 1. The topological polar surface area (TPSA) is 93.1 Å². The predicted octanol–water partition coefficient (Wildman–Crippen LogP) is -0.513. The van der Waals surface area contributed by atoms with E-state index in [2.05, 4.69) is 16.1 Å². The second-order valence-corrected chi connectivity index (χ2v) is 4.82. The molecule has 1 aliphatic rings. The minimum atomic E-state index is -2.20. The van der Waals surface area contributed by atoms with Gasteiger partial charge in [0.2, 0.25) is 6.41 Å². The Morgan fingerprint density at radius 1 is 1.40 bits per heavy atom. The smallest absolute Gasteiger partial charge is 0.346 e. The summed E-state index contributed by atoms with van der Waals surface area (Å²) in [4.78, 5) is 36.5. The normalized spacial score (nSPS) is 27.8. The maximum atomic E-state index is 12.2. The molecular formula is C13H19NO6. The monoisotopic (exact) mass is 285 g/mol. The van der Waals surface area contributed by atoms with Crippen LogP contribution in [0.2, 0.25) is 0 Å². The fourth-order valence-corrected chi connectivity index (χ4v) is 2.79. The molecule has 20 heavy (non-hydrogen) atoms. The first-order chi connectivity index (χ1) is 9.34. The van der Waals surface area contributed by atoms with Crippen molar-refractivity contribution in [3.8, 4) is 0 Å². The van der Waals surface area contributed by atoms with Crippen LogP contribution in [0.15, 0.2) is 12.7 Å². The first-order valence-electron chi connectivity index (χ1n) is 6.06. The molecule has 0 aliphatic carbocycles. The minimum absolute atomic E-state index is 0.0206. The lowest BCUT2D eigenvalue weighted by atomic mass is 9.75. The molecule has 1 fully saturated rings. The number of hydrogen-bond acceptors (Lipinski definition) is 6. The fourth-order valence-electron chi connectivity index (χ4n) is 2.79. The summed E-state index contributed by atoms with van der Waals surface area (Å²) in [5.41, 5.74) is -4.03. The second-order valence-electron chi connectivity index (χ2n) is 4.82. The van der Waals surface area contributed by atoms with Gasteiger partial charge in [-0.1, -0.05) is 6.08 Å². The number of ether oxygens (including phenoxy) is 2. The van der Waals surface area contributed by atoms with Crippen LogP contribution in [0, 0.1) is 5.92 Å². The molecule has 0 aromatic rings. The first kappa shape index (κ1) is 16.2. The highest BCUT2D eigenvalue weighted by Crippen LogP contribution is 2.44. The number of carbonyl (C=O) groups is 3. The zero-order chi connectivity index (χ0) is 15.6. The molecule has 112 valence electrons. The molecule has 7 nitrogen and oxygen atoms in total. The van der Waals surface area contributed by atoms with E-state index in [1.807, 2.05) is 0 Å². The number of esters is 2. The van der Waals surface area contributed by atoms with E-state index >= 15 is 0 Å². The Kier molecular flexibility index (Phi) is 4.54. The quantitative estimate of drug-likeness (QED) is 0.316. The van der Waals surface area contributed by atoms with Gasteiger partial charge in [-0.25, -0.2) is 9.59 Å². The van der Waals surface area contributed by atoms with Gasteiger partial charge in [0.25, 0.3) is 5.54 Å². The number of allylic oxidation sites excluding steroid dienone is 1. The van der Waals surface area contributed by atoms with Crippen LogP contribution >= 0.6 is 0 Å². The molecule has 1 rings (SSSR count). The molecule has 1 heterocycles. The molecule has 1 N–H and O–H groups in total. The van der Waals surface area contributed by atoms with Crippen molar-refractivity contribution in [2.45, 2.75) is 24.5 Å². The average Bonchev–Trinajstić information content (AvgIpc) is 2.66. The second kappa shape index (κ2) is 5.62. The van der Waals surface area contributed by atoms with Gasteiger partial charge in [-0.05, 0) is 13.3 Å². The van der Waals surface area contributed by atoms with Gasteiger partial charge in [-0.3, -0.25) is 4.79 Å². The van der Waals surface area contributed by atoms with Gasteiger partial charge in [0.05, 0.1) is 14.2 Å². The lowest BCUT2D eigenvalue weighted by Crippen LogP contribution is -2.68. The highest BCUT2D eigenvalue weighted by Gasteiger charge is 2.71. The fraction of sp³-hybridized carbons (Fsp3) is 0.615. The molecule has 0 radical (unpaired) electrons. The summed E-state index contributed by atoms with van der Waals surface area (Å²) < 4.78 is 9.26. The molecule has 7 heteroatoms. The van der Waals surface area contributed by atoms with Gasteiger partial charge in [-0.15, -0.1) is 6.58 Å². The molecule has 0 bridgehead atoms. The Labute approximate surface area is 117 Å². The van der Waals surface area contributed by atoms with Crippen LogP contribution < -0.4 is 0 Å². The number of amides is 1. The summed E-state index contributed by atoms with van der Waals surface area (Å²) in [6.45, 7) is 4.91. The lowest BCUT2D eigenvalue weighted by Gasteiger charge is -2.39. The van der Waals surface area contributed by atoms with Crippen LogP contribution in [0.5, 0.6) is 0 Å². The summed E-state index contributed by atoms with van der Waals surface area (Å²) in [6, 6.07) is 0. The Bertz CT molecular complexity index is 415. The average molecular weight is 285 g/mol. The van der Waals surface area contributed by atoms with Crippen LogP contribution in [0.3, 0.4) is 0 Å². The molecule has 1 amide bonds. The van der Waals surface area contributed by atoms with Crippen LogP contribution in [-0.2, 0) is 23.9 Å². The van der Waals surface area contributed by atoms with E-state index in [1.54, 1.807) is 6.08 Å². The van der Waals surface area contributed by atoms with Gasteiger partial charge in [-0.2, -0.15) is 0 Å². The highest BCUT2D eigenvalue weighted by molar-refractivity contribution is 6.08. The lowest BCUT2D eigenvalue weighted by molar-refractivity contribution is -0.186. The maximum absolute atomic E-state index is 12.2. The summed E-state index contributed by atoms with van der Waals surface area (Å²) >= 11 is 0. The molecule has 0 unspecified atom stereocenters. The third kappa shape index (κ3) is 1.89. The van der Waals surface area contributed by atoms with E-state index in [-0.39, 0.29) is 6.54 Å². The van der Waals surface area contributed by atoms with E-state index in [4.69, 9.17) is 0 Å².